The van der Waals surface area contributed by atoms with Crippen LogP contribution in [0.5, 0.6) is 0 Å². The summed E-state index contributed by atoms with van der Waals surface area (Å²) >= 11 is 0. The molecular weight excluding hydrogens is 520 g/mol. The van der Waals surface area contributed by atoms with Crippen LogP contribution in [0.4, 0.5) is 4.79 Å². The monoisotopic (exact) mass is 556 g/mol. The number of nitrogens with zero attached hydrogens (tertiary/aromatic N) is 4. The number of hydrogen-bond donors (Lipinski definition) is 2. The van der Waals surface area contributed by atoms with Gasteiger partial charge in [0, 0.05) is 18.7 Å². The van der Waals surface area contributed by atoms with E-state index < -0.39 is 23.8 Å². The summed E-state index contributed by atoms with van der Waals surface area (Å²) in [6.07, 6.45) is -0.841. The van der Waals surface area contributed by atoms with Gasteiger partial charge in [-0.1, -0.05) is 72.8 Å². The molecule has 2 atom stereocenters. The standard InChI is InChI=1S/C31H36N6O4/c1-21(24-15-9-13-23-12-7-8-14-25(23)24)41-30(39)36-16-17-37-27(18-36)34-35-28(37)26(33-29(38)31(2,3)32)20-40-19-22-10-5-4-6-11-22/h4-15,21,26H,16-20,32H2,1-3H3,(H,33,38)/t21?,26-/m1/s1. The predicted octanol–water partition coefficient (Wildman–Crippen LogP) is 4.26. The van der Waals surface area contributed by atoms with Crippen molar-refractivity contribution in [3.05, 3.63) is 95.6 Å². The fourth-order valence-corrected chi connectivity index (χ4v) is 4.88. The molecule has 3 N–H and O–H groups in total. The molecule has 1 aliphatic heterocycles. The average Bonchev–Trinajstić information content (AvgIpc) is 3.39. The van der Waals surface area contributed by atoms with Gasteiger partial charge < -0.3 is 25.1 Å². The van der Waals surface area contributed by atoms with Crippen molar-refractivity contribution >= 4 is 22.8 Å². The highest BCUT2D eigenvalue weighted by atomic mass is 16.6. The van der Waals surface area contributed by atoms with Gasteiger partial charge in [-0.3, -0.25) is 9.69 Å². The Labute approximate surface area is 239 Å². The molecule has 0 fully saturated rings. The van der Waals surface area contributed by atoms with E-state index in [9.17, 15) is 9.59 Å². The molecule has 2 heterocycles. The van der Waals surface area contributed by atoms with Crippen molar-refractivity contribution in [2.24, 2.45) is 5.73 Å². The summed E-state index contributed by atoms with van der Waals surface area (Å²) in [5, 5.41) is 13.9. The van der Waals surface area contributed by atoms with Gasteiger partial charge in [0.2, 0.25) is 5.91 Å². The number of carbonyl (C=O) groups excluding carboxylic acids is 2. The largest absolute Gasteiger partial charge is 0.441 e. The van der Waals surface area contributed by atoms with E-state index in [1.54, 1.807) is 18.7 Å². The number of carbonyl (C=O) groups is 2. The number of nitrogens with one attached hydrogen (secondary N) is 1. The summed E-state index contributed by atoms with van der Waals surface area (Å²) in [6, 6.07) is 23.3. The molecule has 2 amide bonds. The van der Waals surface area contributed by atoms with E-state index in [0.717, 1.165) is 21.9 Å². The lowest BCUT2D eigenvalue weighted by Crippen LogP contribution is -2.51. The van der Waals surface area contributed by atoms with Crippen LogP contribution in [0.15, 0.2) is 72.8 Å². The molecule has 1 aliphatic rings. The number of aromatic nitrogens is 3. The lowest BCUT2D eigenvalue weighted by molar-refractivity contribution is -0.126. The molecule has 4 aromatic rings. The minimum Gasteiger partial charge on any atom is -0.441 e. The molecule has 5 rings (SSSR count). The fraction of sp³-hybridized carbons (Fsp3) is 0.355. The van der Waals surface area contributed by atoms with E-state index in [2.05, 4.69) is 15.5 Å². The maximum absolute atomic E-state index is 13.2. The maximum atomic E-state index is 13.2. The zero-order chi connectivity index (χ0) is 29.0. The molecule has 1 aromatic heterocycles. The van der Waals surface area contributed by atoms with E-state index in [0.29, 0.717) is 31.3 Å². The van der Waals surface area contributed by atoms with Gasteiger partial charge in [-0.05, 0) is 37.1 Å². The number of ether oxygens (including phenoxy) is 2. The Morgan fingerprint density at radius 3 is 2.51 bits per heavy atom. The first-order valence-electron chi connectivity index (χ1n) is 13.8. The Balaban J connectivity index is 1.27. The number of benzene rings is 3. The third kappa shape index (κ3) is 6.55. The highest BCUT2D eigenvalue weighted by Crippen LogP contribution is 2.28. The van der Waals surface area contributed by atoms with E-state index >= 15 is 0 Å². The molecule has 0 aliphatic carbocycles. The Morgan fingerprint density at radius 2 is 1.73 bits per heavy atom. The molecule has 10 nitrogen and oxygen atoms in total. The van der Waals surface area contributed by atoms with Crippen LogP contribution in [0.1, 0.15) is 55.7 Å². The summed E-state index contributed by atoms with van der Waals surface area (Å²) in [4.78, 5) is 27.6. The summed E-state index contributed by atoms with van der Waals surface area (Å²) in [7, 11) is 0. The third-order valence-corrected chi connectivity index (χ3v) is 7.18. The zero-order valence-corrected chi connectivity index (χ0v) is 23.6. The van der Waals surface area contributed by atoms with Crippen molar-refractivity contribution in [1.29, 1.82) is 0 Å². The number of amides is 2. The Morgan fingerprint density at radius 1 is 1.00 bits per heavy atom. The molecule has 1 unspecified atom stereocenters. The Hall–Kier alpha value is -4.28. The molecule has 0 saturated heterocycles. The predicted molar refractivity (Wildman–Crippen MR) is 155 cm³/mol. The SMILES string of the molecule is CC(OC(=O)N1CCn2c(nnc2[C@@H](COCc2ccccc2)NC(=O)C(C)(C)N)C1)c1cccc2ccccc12. The second-order valence-electron chi connectivity index (χ2n) is 10.9. The molecule has 3 aromatic carbocycles. The average molecular weight is 557 g/mol. The van der Waals surface area contributed by atoms with Crippen LogP contribution < -0.4 is 11.1 Å². The molecule has 41 heavy (non-hydrogen) atoms. The van der Waals surface area contributed by atoms with Crippen molar-refractivity contribution in [3.63, 3.8) is 0 Å². The van der Waals surface area contributed by atoms with E-state index in [-0.39, 0.29) is 19.1 Å². The van der Waals surface area contributed by atoms with Crippen LogP contribution in [0.2, 0.25) is 0 Å². The molecule has 214 valence electrons. The molecule has 0 bridgehead atoms. The van der Waals surface area contributed by atoms with Gasteiger partial charge in [-0.25, -0.2) is 4.79 Å². The first-order valence-corrected chi connectivity index (χ1v) is 13.8. The molecule has 10 heteroatoms. The lowest BCUT2D eigenvalue weighted by Gasteiger charge is -2.30. The number of hydrogen-bond acceptors (Lipinski definition) is 7. The van der Waals surface area contributed by atoms with Crippen molar-refractivity contribution in [1.82, 2.24) is 25.0 Å². The van der Waals surface area contributed by atoms with E-state index in [1.807, 2.05) is 84.3 Å². The topological polar surface area (TPSA) is 125 Å². The summed E-state index contributed by atoms with van der Waals surface area (Å²) in [5.41, 5.74) is 6.94. The van der Waals surface area contributed by atoms with E-state index in [4.69, 9.17) is 15.2 Å². The minimum absolute atomic E-state index is 0.184. The van der Waals surface area contributed by atoms with Crippen LogP contribution in [-0.4, -0.2) is 50.4 Å². The Kier molecular flexibility index (Phi) is 8.32. The summed E-state index contributed by atoms with van der Waals surface area (Å²) in [5.74, 6) is 0.838. The van der Waals surface area contributed by atoms with Gasteiger partial charge in [0.15, 0.2) is 11.6 Å². The van der Waals surface area contributed by atoms with Crippen molar-refractivity contribution in [2.45, 2.75) is 58.2 Å². The van der Waals surface area contributed by atoms with Crippen molar-refractivity contribution in [3.8, 4) is 0 Å². The van der Waals surface area contributed by atoms with Crippen molar-refractivity contribution < 1.29 is 19.1 Å². The molecule has 0 saturated carbocycles. The quantitative estimate of drug-likeness (QED) is 0.316. The summed E-state index contributed by atoms with van der Waals surface area (Å²) in [6.45, 7) is 6.84. The third-order valence-electron chi connectivity index (χ3n) is 7.18. The van der Waals surface area contributed by atoms with Gasteiger partial charge in [0.25, 0.3) is 0 Å². The van der Waals surface area contributed by atoms with Crippen LogP contribution >= 0.6 is 0 Å². The highest BCUT2D eigenvalue weighted by Gasteiger charge is 2.32. The first-order chi connectivity index (χ1) is 19.7. The number of nitrogens with two attached hydrogens (primary N) is 1. The fourth-order valence-electron chi connectivity index (χ4n) is 4.88. The van der Waals surface area contributed by atoms with Gasteiger partial charge in [-0.15, -0.1) is 10.2 Å². The van der Waals surface area contributed by atoms with Gasteiger partial charge >= 0.3 is 6.09 Å². The zero-order valence-electron chi connectivity index (χ0n) is 23.6. The molecule has 0 spiro atoms. The number of fused-ring (bicyclic) bond motifs is 2. The van der Waals surface area contributed by atoms with Crippen LogP contribution in [0, 0.1) is 0 Å². The van der Waals surface area contributed by atoms with Gasteiger partial charge in [0.05, 0.1) is 25.3 Å². The normalized spacial score (nSPS) is 14.8. The number of rotatable bonds is 9. The first kappa shape index (κ1) is 28.3. The van der Waals surface area contributed by atoms with Crippen LogP contribution in [-0.2, 0) is 34.0 Å². The smallest absolute Gasteiger partial charge is 0.410 e. The van der Waals surface area contributed by atoms with Crippen LogP contribution in [0.25, 0.3) is 10.8 Å². The minimum atomic E-state index is -1.08. The Bertz CT molecular complexity index is 1510. The lowest BCUT2D eigenvalue weighted by atomic mass is 10.0. The second kappa shape index (κ2) is 12.1. The van der Waals surface area contributed by atoms with Crippen molar-refractivity contribution in [2.75, 3.05) is 13.2 Å². The second-order valence-corrected chi connectivity index (χ2v) is 10.9. The van der Waals surface area contributed by atoms with E-state index in [1.165, 1.54) is 0 Å². The van der Waals surface area contributed by atoms with Gasteiger partial charge in [0.1, 0.15) is 12.1 Å². The van der Waals surface area contributed by atoms with Crippen LogP contribution in [0.3, 0.4) is 0 Å². The highest BCUT2D eigenvalue weighted by molar-refractivity contribution is 5.86. The maximum Gasteiger partial charge on any atom is 0.410 e. The van der Waals surface area contributed by atoms with Gasteiger partial charge in [-0.2, -0.15) is 0 Å². The molecule has 0 radical (unpaired) electrons. The summed E-state index contributed by atoms with van der Waals surface area (Å²) < 4.78 is 13.8. The molecular formula is C31H36N6O4.